The summed E-state index contributed by atoms with van der Waals surface area (Å²) < 4.78 is 59.9. The average molecular weight is 610 g/mol. The number of anilines is 2. The van der Waals surface area contributed by atoms with Crippen LogP contribution in [0.4, 0.5) is 24.7 Å². The van der Waals surface area contributed by atoms with Crippen LogP contribution in [0, 0.1) is 18.6 Å². The fraction of sp³-hybridized carbons (Fsp3) is 0.594. The van der Waals surface area contributed by atoms with E-state index in [2.05, 4.69) is 25.1 Å². The summed E-state index contributed by atoms with van der Waals surface area (Å²) in [5, 5.41) is 4.05. The zero-order valence-corrected chi connectivity index (χ0v) is 25.3. The van der Waals surface area contributed by atoms with E-state index >= 15 is 8.78 Å². The summed E-state index contributed by atoms with van der Waals surface area (Å²) in [6.45, 7) is 7.78. The second-order valence-corrected chi connectivity index (χ2v) is 13.3. The molecule has 2 aromatic heterocycles. The topological polar surface area (TPSA) is 102 Å². The van der Waals surface area contributed by atoms with Crippen molar-refractivity contribution < 1.29 is 22.6 Å². The maximum Gasteiger partial charge on any atom is 0.319 e. The predicted molar refractivity (Wildman–Crippen MR) is 161 cm³/mol. The molecule has 0 saturated carbocycles. The number of halogens is 3. The fourth-order valence-corrected chi connectivity index (χ4v) is 8.73. The molecule has 0 amide bonds. The van der Waals surface area contributed by atoms with E-state index in [0.29, 0.717) is 42.7 Å². The number of nitrogens with zero attached hydrogens (tertiary/aromatic N) is 5. The van der Waals surface area contributed by atoms with Gasteiger partial charge in [0, 0.05) is 37.2 Å². The number of nitrogen functional groups attached to an aromatic ring is 1. The van der Waals surface area contributed by atoms with Crippen LogP contribution in [0.25, 0.3) is 22.2 Å². The van der Waals surface area contributed by atoms with Crippen LogP contribution >= 0.6 is 0 Å². The number of ether oxygens (including phenoxy) is 2. The number of benzene rings is 1. The number of hydrogen-bond donors (Lipinski definition) is 2. The lowest BCUT2D eigenvalue weighted by Gasteiger charge is -2.42. The number of fused-ring (bicyclic) bond motifs is 6. The van der Waals surface area contributed by atoms with Crippen molar-refractivity contribution in [1.29, 1.82) is 0 Å². The molecule has 0 spiro atoms. The summed E-state index contributed by atoms with van der Waals surface area (Å²) in [7, 11) is 0. The Kier molecular flexibility index (Phi) is 6.43. The minimum absolute atomic E-state index is 0.0113. The molecule has 1 aromatic carbocycles. The van der Waals surface area contributed by atoms with Crippen molar-refractivity contribution in [3.8, 4) is 23.1 Å². The van der Waals surface area contributed by atoms with Gasteiger partial charge in [-0.25, -0.2) is 18.2 Å². The highest BCUT2D eigenvalue weighted by Crippen LogP contribution is 2.46. The van der Waals surface area contributed by atoms with Gasteiger partial charge in [0.15, 0.2) is 11.6 Å². The molecule has 3 aromatic rings. The predicted octanol–water partition coefficient (Wildman–Crippen LogP) is 4.47. The van der Waals surface area contributed by atoms with Gasteiger partial charge in [0.2, 0.25) is 5.88 Å². The van der Waals surface area contributed by atoms with E-state index in [1.807, 2.05) is 20.8 Å². The second-order valence-electron chi connectivity index (χ2n) is 13.3. The Bertz CT molecular complexity index is 1670. The summed E-state index contributed by atoms with van der Waals surface area (Å²) in [5.74, 6) is -0.844. The largest absolute Gasteiger partial charge is 0.472 e. The number of nitrogens with one attached hydrogen (secondary N) is 1. The van der Waals surface area contributed by atoms with E-state index in [1.54, 1.807) is 6.07 Å². The molecule has 3 N–H and O–H groups in total. The molecule has 4 fully saturated rings. The molecule has 44 heavy (non-hydrogen) atoms. The lowest BCUT2D eigenvalue weighted by Crippen LogP contribution is -2.62. The zero-order valence-electron chi connectivity index (χ0n) is 25.3. The Morgan fingerprint density at radius 2 is 2.02 bits per heavy atom. The third-order valence-corrected chi connectivity index (χ3v) is 10.7. The average Bonchev–Trinajstić information content (AvgIpc) is 3.63. The van der Waals surface area contributed by atoms with Gasteiger partial charge >= 0.3 is 6.01 Å². The van der Waals surface area contributed by atoms with E-state index in [9.17, 15) is 4.39 Å². The highest BCUT2D eigenvalue weighted by atomic mass is 19.1. The van der Waals surface area contributed by atoms with E-state index in [4.69, 9.17) is 20.2 Å². The van der Waals surface area contributed by atoms with Crippen molar-refractivity contribution in [2.75, 3.05) is 36.9 Å². The summed E-state index contributed by atoms with van der Waals surface area (Å²) >= 11 is 0. The van der Waals surface area contributed by atoms with Crippen LogP contribution < -0.4 is 25.4 Å². The number of nitrogens with two attached hydrogens (primary N) is 1. The zero-order chi connectivity index (χ0) is 30.5. The smallest absolute Gasteiger partial charge is 0.319 e. The maximum atomic E-state index is 16.9. The summed E-state index contributed by atoms with van der Waals surface area (Å²) in [6.07, 6.45) is 3.40. The van der Waals surface area contributed by atoms with Gasteiger partial charge in [0.1, 0.15) is 41.3 Å². The Hall–Kier alpha value is -3.38. The monoisotopic (exact) mass is 609 g/mol. The Balaban J connectivity index is 1.32. The van der Waals surface area contributed by atoms with Crippen LogP contribution in [0.15, 0.2) is 6.07 Å². The van der Waals surface area contributed by atoms with E-state index in [1.165, 1.54) is 0 Å². The molecule has 7 heterocycles. The first-order valence-corrected chi connectivity index (χ1v) is 15.9. The normalized spacial score (nSPS) is 30.8. The van der Waals surface area contributed by atoms with E-state index < -0.39 is 23.3 Å². The summed E-state index contributed by atoms with van der Waals surface area (Å²) in [4.78, 5) is 18.5. The van der Waals surface area contributed by atoms with Gasteiger partial charge in [-0.1, -0.05) is 6.92 Å². The molecule has 6 atom stereocenters. The molecule has 234 valence electrons. The Morgan fingerprint density at radius 1 is 1.18 bits per heavy atom. The molecular formula is C32H38F3N7O2. The highest BCUT2D eigenvalue weighted by molar-refractivity contribution is 5.97. The number of rotatable bonds is 5. The first-order valence-electron chi connectivity index (χ1n) is 15.9. The van der Waals surface area contributed by atoms with Gasteiger partial charge < -0.3 is 25.4 Å². The minimum atomic E-state index is -0.908. The molecule has 2 bridgehead atoms. The van der Waals surface area contributed by atoms with Gasteiger partial charge in [-0.05, 0) is 69.7 Å². The van der Waals surface area contributed by atoms with Gasteiger partial charge in [0.25, 0.3) is 0 Å². The molecule has 4 saturated heterocycles. The Morgan fingerprint density at radius 3 is 2.84 bits per heavy atom. The standard InChI is InChI=1S/C32H38F3N7O2/c1-4-19-15(2)10-20(36)24(34)22(19)26-25(35)27-23-29(40-31(39-27)43-14-32-8-5-9-41(32)12-17(33)11-32)42-13-18-6-7-21(37-18)28(42)16(3)44-30(23)38-26/h10,16-18,21,28,37H,4-9,11-14,36H2,1-3H3/t16-,17+,18+,21-,28+,32-/m0/s1. The highest BCUT2D eigenvalue weighted by Gasteiger charge is 2.50. The molecule has 0 radical (unpaired) electrons. The molecule has 8 rings (SSSR count). The first-order chi connectivity index (χ1) is 21.2. The van der Waals surface area contributed by atoms with Crippen LogP contribution in [0.5, 0.6) is 11.9 Å². The van der Waals surface area contributed by atoms with Crippen LogP contribution in [-0.2, 0) is 6.42 Å². The minimum Gasteiger partial charge on any atom is -0.472 e. The molecule has 5 aliphatic rings. The summed E-state index contributed by atoms with van der Waals surface area (Å²) in [5.41, 5.74) is 6.68. The molecule has 12 heteroatoms. The number of pyridine rings is 1. The van der Waals surface area contributed by atoms with Crippen molar-refractivity contribution in [2.45, 2.75) is 95.2 Å². The van der Waals surface area contributed by atoms with Crippen molar-refractivity contribution in [1.82, 2.24) is 25.2 Å². The molecular weight excluding hydrogens is 571 g/mol. The third kappa shape index (κ3) is 4.09. The van der Waals surface area contributed by atoms with E-state index in [0.717, 1.165) is 37.8 Å². The van der Waals surface area contributed by atoms with Gasteiger partial charge in [0.05, 0.1) is 17.3 Å². The maximum absolute atomic E-state index is 16.9. The van der Waals surface area contributed by atoms with Crippen molar-refractivity contribution in [3.05, 3.63) is 28.8 Å². The molecule has 5 aliphatic heterocycles. The van der Waals surface area contributed by atoms with Gasteiger partial charge in [-0.15, -0.1) is 0 Å². The van der Waals surface area contributed by atoms with Crippen LogP contribution in [0.1, 0.15) is 57.1 Å². The van der Waals surface area contributed by atoms with Crippen molar-refractivity contribution in [3.63, 3.8) is 0 Å². The number of piperazine rings is 1. The van der Waals surface area contributed by atoms with Crippen LogP contribution in [0.3, 0.4) is 0 Å². The van der Waals surface area contributed by atoms with Gasteiger partial charge in [-0.3, -0.25) is 4.90 Å². The summed E-state index contributed by atoms with van der Waals surface area (Å²) in [6, 6.07) is 1.90. The lowest BCUT2D eigenvalue weighted by molar-refractivity contribution is 0.107. The van der Waals surface area contributed by atoms with Gasteiger partial charge in [-0.2, -0.15) is 9.97 Å². The van der Waals surface area contributed by atoms with Crippen molar-refractivity contribution in [2.24, 2.45) is 0 Å². The second kappa shape index (κ2) is 10.1. The molecule has 0 aliphatic carbocycles. The Labute approximate surface area is 254 Å². The number of hydrogen-bond acceptors (Lipinski definition) is 9. The quantitative estimate of drug-likeness (QED) is 0.406. The van der Waals surface area contributed by atoms with Crippen LogP contribution in [-0.4, -0.2) is 82.0 Å². The molecule has 9 nitrogen and oxygen atoms in total. The first kappa shape index (κ1) is 28.1. The number of alkyl halides is 1. The lowest BCUT2D eigenvalue weighted by atomic mass is 9.94. The SMILES string of the molecule is CCc1c(C)cc(N)c(F)c1-c1nc2c3c(nc(OC[C@@]45CCCN4C[C@H](F)C5)nc3c1F)N1C[C@H]3CC[C@H](N3)[C@H]1[C@H](C)O2. The number of aromatic nitrogens is 3. The fourth-order valence-electron chi connectivity index (χ4n) is 8.73. The van der Waals surface area contributed by atoms with E-state index in [-0.39, 0.29) is 65.2 Å². The van der Waals surface area contributed by atoms with Crippen LogP contribution in [0.2, 0.25) is 0 Å². The molecule has 0 unspecified atom stereocenters. The number of aryl methyl sites for hydroxylation is 1. The van der Waals surface area contributed by atoms with Crippen molar-refractivity contribution >= 4 is 22.4 Å². The third-order valence-electron chi connectivity index (χ3n) is 10.7.